The van der Waals surface area contributed by atoms with Crippen molar-refractivity contribution >= 4 is 28.3 Å². The van der Waals surface area contributed by atoms with Crippen LogP contribution in [0.15, 0.2) is 48.8 Å². The zero-order valence-electron chi connectivity index (χ0n) is 14.3. The number of nitrogens with zero attached hydrogens (tertiary/aromatic N) is 2. The van der Waals surface area contributed by atoms with Crippen molar-refractivity contribution in [3.8, 4) is 0 Å². The van der Waals surface area contributed by atoms with Gasteiger partial charge in [0.2, 0.25) is 0 Å². The molecule has 128 valence electrons. The molecule has 1 fully saturated rings. The molecule has 2 heterocycles. The molecule has 0 aliphatic carbocycles. The number of H-pyrrole nitrogens is 1. The molecule has 0 bridgehead atoms. The van der Waals surface area contributed by atoms with E-state index in [9.17, 15) is 4.79 Å². The minimum Gasteiger partial charge on any atom is -0.372 e. The molecule has 0 radical (unpaired) electrons. The largest absolute Gasteiger partial charge is 0.372 e. The summed E-state index contributed by atoms with van der Waals surface area (Å²) < 4.78 is 0. The molecular weight excluding hydrogens is 312 g/mol. The van der Waals surface area contributed by atoms with Gasteiger partial charge in [0.15, 0.2) is 0 Å². The molecule has 1 saturated heterocycles. The topological polar surface area (TPSA) is 61.0 Å². The zero-order chi connectivity index (χ0) is 17.2. The average Bonchev–Trinajstić information content (AvgIpc) is 3.11. The van der Waals surface area contributed by atoms with Gasteiger partial charge in [0.05, 0.1) is 17.4 Å². The molecule has 1 amide bonds. The van der Waals surface area contributed by atoms with Crippen LogP contribution in [-0.2, 0) is 0 Å². The van der Waals surface area contributed by atoms with E-state index in [0.29, 0.717) is 5.56 Å². The first-order valence-corrected chi connectivity index (χ1v) is 8.78. The van der Waals surface area contributed by atoms with Gasteiger partial charge >= 0.3 is 0 Å². The van der Waals surface area contributed by atoms with Gasteiger partial charge in [-0.1, -0.05) is 6.92 Å². The van der Waals surface area contributed by atoms with E-state index in [0.717, 1.165) is 35.7 Å². The lowest BCUT2D eigenvalue weighted by molar-refractivity contribution is 0.102. The fourth-order valence-corrected chi connectivity index (χ4v) is 3.30. The van der Waals surface area contributed by atoms with Crippen molar-refractivity contribution in [2.24, 2.45) is 5.92 Å². The molecule has 25 heavy (non-hydrogen) atoms. The van der Waals surface area contributed by atoms with E-state index in [2.05, 4.69) is 39.2 Å². The molecule has 1 aliphatic heterocycles. The molecular formula is C20H22N4O. The lowest BCUT2D eigenvalue weighted by Crippen LogP contribution is -2.32. The van der Waals surface area contributed by atoms with E-state index in [4.69, 9.17) is 0 Å². The highest BCUT2D eigenvalue weighted by molar-refractivity contribution is 6.05. The molecule has 5 nitrogen and oxygen atoms in total. The number of anilines is 2. The number of hydrogen-bond acceptors (Lipinski definition) is 3. The Morgan fingerprint density at radius 3 is 2.68 bits per heavy atom. The Morgan fingerprint density at radius 2 is 1.92 bits per heavy atom. The van der Waals surface area contributed by atoms with Gasteiger partial charge in [-0.05, 0) is 61.2 Å². The summed E-state index contributed by atoms with van der Waals surface area (Å²) in [4.78, 5) is 22.1. The maximum Gasteiger partial charge on any atom is 0.255 e. The van der Waals surface area contributed by atoms with Crippen molar-refractivity contribution in [1.29, 1.82) is 0 Å². The fourth-order valence-electron chi connectivity index (χ4n) is 3.30. The summed E-state index contributed by atoms with van der Waals surface area (Å²) in [7, 11) is 0. The minimum absolute atomic E-state index is 0.115. The normalized spacial score (nSPS) is 15.5. The summed E-state index contributed by atoms with van der Waals surface area (Å²) in [6.45, 7) is 4.53. The van der Waals surface area contributed by atoms with Crippen LogP contribution in [0.2, 0.25) is 0 Å². The van der Waals surface area contributed by atoms with Crippen molar-refractivity contribution in [3.05, 3.63) is 54.4 Å². The van der Waals surface area contributed by atoms with E-state index < -0.39 is 0 Å². The van der Waals surface area contributed by atoms with Gasteiger partial charge in [-0.15, -0.1) is 0 Å². The first-order valence-electron chi connectivity index (χ1n) is 8.78. The third-order valence-corrected chi connectivity index (χ3v) is 4.96. The summed E-state index contributed by atoms with van der Waals surface area (Å²) in [6, 6.07) is 13.6. The Balaban J connectivity index is 1.44. The highest BCUT2D eigenvalue weighted by Crippen LogP contribution is 2.24. The van der Waals surface area contributed by atoms with Gasteiger partial charge in [0.1, 0.15) is 0 Å². The summed E-state index contributed by atoms with van der Waals surface area (Å²) in [6.07, 6.45) is 4.12. The number of benzene rings is 2. The van der Waals surface area contributed by atoms with Crippen molar-refractivity contribution in [2.75, 3.05) is 23.3 Å². The smallest absolute Gasteiger partial charge is 0.255 e. The lowest BCUT2D eigenvalue weighted by Gasteiger charge is -2.32. The number of rotatable bonds is 3. The van der Waals surface area contributed by atoms with Crippen LogP contribution in [-0.4, -0.2) is 29.0 Å². The Labute approximate surface area is 147 Å². The summed E-state index contributed by atoms with van der Waals surface area (Å²) in [5.41, 5.74) is 4.37. The van der Waals surface area contributed by atoms with E-state index >= 15 is 0 Å². The first-order chi connectivity index (χ1) is 12.2. The average molecular weight is 334 g/mol. The van der Waals surface area contributed by atoms with Crippen LogP contribution in [0, 0.1) is 5.92 Å². The van der Waals surface area contributed by atoms with Crippen LogP contribution in [0.5, 0.6) is 0 Å². The third kappa shape index (κ3) is 3.36. The second-order valence-electron chi connectivity index (χ2n) is 6.81. The van der Waals surface area contributed by atoms with Crippen LogP contribution >= 0.6 is 0 Å². The van der Waals surface area contributed by atoms with Gasteiger partial charge < -0.3 is 15.2 Å². The van der Waals surface area contributed by atoms with Crippen LogP contribution < -0.4 is 10.2 Å². The van der Waals surface area contributed by atoms with Crippen molar-refractivity contribution < 1.29 is 4.79 Å². The maximum absolute atomic E-state index is 12.4. The second-order valence-corrected chi connectivity index (χ2v) is 6.81. The van der Waals surface area contributed by atoms with Gasteiger partial charge in [0.25, 0.3) is 5.91 Å². The van der Waals surface area contributed by atoms with Crippen LogP contribution in [0.3, 0.4) is 0 Å². The van der Waals surface area contributed by atoms with Crippen LogP contribution in [0.1, 0.15) is 30.1 Å². The molecule has 3 aromatic rings. The number of piperidine rings is 1. The SMILES string of the molecule is CC1CCN(c2ccc(NC(=O)c3ccc4nc[nH]c4c3)cc2)CC1. The Bertz CT molecular complexity index is 876. The number of aromatic amines is 1. The monoisotopic (exact) mass is 334 g/mol. The van der Waals surface area contributed by atoms with Gasteiger partial charge in [-0.3, -0.25) is 4.79 Å². The summed E-state index contributed by atoms with van der Waals surface area (Å²) in [5, 5.41) is 2.96. The maximum atomic E-state index is 12.4. The predicted molar refractivity (Wildman–Crippen MR) is 101 cm³/mol. The number of nitrogens with one attached hydrogen (secondary N) is 2. The van der Waals surface area contributed by atoms with E-state index in [1.54, 1.807) is 12.4 Å². The third-order valence-electron chi connectivity index (χ3n) is 4.96. The number of amides is 1. The Morgan fingerprint density at radius 1 is 1.16 bits per heavy atom. The van der Waals surface area contributed by atoms with Crippen LogP contribution in [0.25, 0.3) is 11.0 Å². The fraction of sp³-hybridized carbons (Fsp3) is 0.300. The number of carbonyl (C=O) groups excluding carboxylic acids is 1. The van der Waals surface area contributed by atoms with Crippen molar-refractivity contribution in [3.63, 3.8) is 0 Å². The number of aromatic nitrogens is 2. The molecule has 2 N–H and O–H groups in total. The first kappa shape index (κ1) is 15.7. The molecule has 4 rings (SSSR count). The van der Waals surface area contributed by atoms with Gasteiger partial charge in [0, 0.05) is 30.0 Å². The van der Waals surface area contributed by atoms with Gasteiger partial charge in [-0.25, -0.2) is 4.98 Å². The van der Waals surface area contributed by atoms with Crippen molar-refractivity contribution in [2.45, 2.75) is 19.8 Å². The molecule has 0 unspecified atom stereocenters. The Kier molecular flexibility index (Phi) is 4.14. The highest BCUT2D eigenvalue weighted by Gasteiger charge is 2.16. The van der Waals surface area contributed by atoms with E-state index in [1.807, 2.05) is 24.3 Å². The number of fused-ring (bicyclic) bond motifs is 1. The second kappa shape index (κ2) is 6.59. The molecule has 1 aromatic heterocycles. The highest BCUT2D eigenvalue weighted by atomic mass is 16.1. The molecule has 1 aliphatic rings. The standard InChI is InChI=1S/C20H22N4O/c1-14-8-10-24(11-9-14)17-5-3-16(4-6-17)23-20(25)15-2-7-18-19(12-15)22-13-21-18/h2-7,12-14H,8-11H2,1H3,(H,21,22)(H,23,25). The predicted octanol–water partition coefficient (Wildman–Crippen LogP) is 4.05. The number of imidazole rings is 1. The quantitative estimate of drug-likeness (QED) is 0.759. The zero-order valence-corrected chi connectivity index (χ0v) is 14.3. The summed E-state index contributed by atoms with van der Waals surface area (Å²) in [5.74, 6) is 0.707. The number of hydrogen-bond donors (Lipinski definition) is 2. The molecule has 0 atom stereocenters. The molecule has 0 saturated carbocycles. The van der Waals surface area contributed by atoms with E-state index in [-0.39, 0.29) is 5.91 Å². The minimum atomic E-state index is -0.115. The van der Waals surface area contributed by atoms with Crippen molar-refractivity contribution in [1.82, 2.24) is 9.97 Å². The molecule has 2 aromatic carbocycles. The van der Waals surface area contributed by atoms with Crippen LogP contribution in [0.4, 0.5) is 11.4 Å². The molecule has 5 heteroatoms. The molecule has 0 spiro atoms. The van der Waals surface area contributed by atoms with Gasteiger partial charge in [-0.2, -0.15) is 0 Å². The number of carbonyl (C=O) groups is 1. The summed E-state index contributed by atoms with van der Waals surface area (Å²) >= 11 is 0. The lowest BCUT2D eigenvalue weighted by atomic mass is 9.99. The Hall–Kier alpha value is -2.82. The van der Waals surface area contributed by atoms with E-state index in [1.165, 1.54) is 18.5 Å².